The average Bonchev–Trinajstić information content (AvgIpc) is 2.33. The monoisotopic (exact) mass is 345 g/mol. The van der Waals surface area contributed by atoms with Crippen LogP contribution in [0.1, 0.15) is 34.1 Å². The minimum atomic E-state index is -0.509. The first-order chi connectivity index (χ1) is 10.1. The van der Waals surface area contributed by atoms with E-state index in [1.807, 2.05) is 25.7 Å². The number of carbonyl (C=O) groups is 2. The van der Waals surface area contributed by atoms with Gasteiger partial charge in [-0.2, -0.15) is 0 Å². The van der Waals surface area contributed by atoms with Crippen LogP contribution in [0, 0.1) is 0 Å². The van der Waals surface area contributed by atoms with Crippen molar-refractivity contribution in [2.45, 2.75) is 39.7 Å². The second kappa shape index (κ2) is 7.84. The Morgan fingerprint density at radius 2 is 1.68 bits per heavy atom. The number of hydrogen-bond donors (Lipinski definition) is 0. The molecule has 0 bridgehead atoms. The van der Waals surface area contributed by atoms with Crippen LogP contribution in [0.15, 0.2) is 18.2 Å². The van der Waals surface area contributed by atoms with E-state index in [9.17, 15) is 9.59 Å². The number of benzene rings is 1. The number of ketones is 1. The van der Waals surface area contributed by atoms with Gasteiger partial charge in [0.05, 0.1) is 13.2 Å². The molecule has 6 heteroatoms. The summed E-state index contributed by atoms with van der Waals surface area (Å²) in [4.78, 5) is 25.4. The molecule has 0 unspecified atom stereocenters. The largest absolute Gasteiger partial charge is 0.466 e. The molecule has 0 aliphatic heterocycles. The van der Waals surface area contributed by atoms with E-state index in [1.165, 1.54) is 0 Å². The number of hydrogen-bond acceptors (Lipinski definition) is 4. The maximum atomic E-state index is 12.1. The van der Waals surface area contributed by atoms with Crippen molar-refractivity contribution in [3.63, 3.8) is 0 Å². The van der Waals surface area contributed by atoms with Crippen LogP contribution >= 0.6 is 23.2 Å². The molecule has 0 radical (unpaired) electrons. The number of carbonyl (C=O) groups excluding carboxylic acids is 2. The number of Topliss-reactive ketones (excluding diaryl/α,β-unsaturated/α-hetero) is 1. The summed E-state index contributed by atoms with van der Waals surface area (Å²) in [5.41, 5.74) is 0.403. The third kappa shape index (κ3) is 5.85. The number of rotatable bonds is 6. The zero-order valence-corrected chi connectivity index (χ0v) is 14.8. The van der Waals surface area contributed by atoms with Gasteiger partial charge in [0.25, 0.3) is 0 Å². The van der Waals surface area contributed by atoms with E-state index in [-0.39, 0.29) is 30.9 Å². The van der Waals surface area contributed by atoms with Crippen molar-refractivity contribution in [3.05, 3.63) is 28.2 Å². The van der Waals surface area contributed by atoms with E-state index in [4.69, 9.17) is 27.9 Å². The Hall–Kier alpha value is -1.26. The molecule has 22 heavy (non-hydrogen) atoms. The summed E-state index contributed by atoms with van der Waals surface area (Å²) in [6, 6.07) is 5.13. The smallest absolute Gasteiger partial charge is 0.313 e. The zero-order chi connectivity index (χ0) is 16.9. The van der Waals surface area contributed by atoms with Crippen molar-refractivity contribution < 1.29 is 14.3 Å². The number of esters is 1. The van der Waals surface area contributed by atoms with Crippen LogP contribution < -0.4 is 4.90 Å². The van der Waals surface area contributed by atoms with E-state index in [0.29, 0.717) is 10.0 Å². The topological polar surface area (TPSA) is 46.6 Å². The number of halogens is 2. The second-order valence-corrected chi connectivity index (χ2v) is 6.78. The van der Waals surface area contributed by atoms with Crippen molar-refractivity contribution in [1.29, 1.82) is 0 Å². The predicted molar refractivity (Wildman–Crippen MR) is 89.8 cm³/mol. The lowest BCUT2D eigenvalue weighted by atomic mass is 10.0. The molecule has 0 saturated heterocycles. The van der Waals surface area contributed by atoms with E-state index in [2.05, 4.69) is 0 Å². The zero-order valence-electron chi connectivity index (χ0n) is 13.3. The Morgan fingerprint density at radius 3 is 2.14 bits per heavy atom. The molecule has 0 spiro atoms. The van der Waals surface area contributed by atoms with Crippen LogP contribution in [-0.4, -0.2) is 30.4 Å². The van der Waals surface area contributed by atoms with Crippen molar-refractivity contribution in [2.24, 2.45) is 0 Å². The van der Waals surface area contributed by atoms with Crippen molar-refractivity contribution >= 4 is 40.6 Å². The second-order valence-electron chi connectivity index (χ2n) is 5.91. The van der Waals surface area contributed by atoms with E-state index >= 15 is 0 Å². The van der Waals surface area contributed by atoms with E-state index in [1.54, 1.807) is 25.1 Å². The molecule has 1 rings (SSSR count). The van der Waals surface area contributed by atoms with Gasteiger partial charge in [-0.05, 0) is 45.9 Å². The average molecular weight is 346 g/mol. The molecule has 0 heterocycles. The molecular formula is C16H21Cl2NO3. The molecule has 0 amide bonds. The van der Waals surface area contributed by atoms with Crippen LogP contribution in [0.25, 0.3) is 0 Å². The lowest BCUT2D eigenvalue weighted by Gasteiger charge is -2.37. The van der Waals surface area contributed by atoms with Gasteiger partial charge in [0.2, 0.25) is 0 Å². The first-order valence-electron chi connectivity index (χ1n) is 7.04. The minimum absolute atomic E-state index is 0.0823. The lowest BCUT2D eigenvalue weighted by Crippen LogP contribution is -2.45. The Labute approximate surface area is 141 Å². The summed E-state index contributed by atoms with van der Waals surface area (Å²) in [5, 5.41) is 0.990. The van der Waals surface area contributed by atoms with Crippen molar-refractivity contribution in [2.75, 3.05) is 18.1 Å². The molecule has 0 aliphatic rings. The maximum Gasteiger partial charge on any atom is 0.313 e. The number of anilines is 1. The highest BCUT2D eigenvalue weighted by Gasteiger charge is 2.25. The number of nitrogens with zero attached hydrogens (tertiary/aromatic N) is 1. The van der Waals surface area contributed by atoms with Gasteiger partial charge in [0, 0.05) is 21.3 Å². The molecule has 0 fully saturated rings. The lowest BCUT2D eigenvalue weighted by molar-refractivity contribution is -0.145. The van der Waals surface area contributed by atoms with Gasteiger partial charge in [0.1, 0.15) is 6.42 Å². The van der Waals surface area contributed by atoms with Gasteiger partial charge in [-0.1, -0.05) is 23.2 Å². The van der Waals surface area contributed by atoms with Crippen LogP contribution in [0.3, 0.4) is 0 Å². The fraction of sp³-hybridized carbons (Fsp3) is 0.500. The minimum Gasteiger partial charge on any atom is -0.466 e. The summed E-state index contributed by atoms with van der Waals surface area (Å²) in [5.74, 6) is -0.727. The normalized spacial score (nSPS) is 11.2. The Kier molecular flexibility index (Phi) is 6.69. The summed E-state index contributed by atoms with van der Waals surface area (Å²) < 4.78 is 4.80. The summed E-state index contributed by atoms with van der Waals surface area (Å²) in [7, 11) is 0. The molecular weight excluding hydrogens is 325 g/mol. The molecule has 0 atom stereocenters. The van der Waals surface area contributed by atoms with Gasteiger partial charge in [-0.3, -0.25) is 9.59 Å². The van der Waals surface area contributed by atoms with Gasteiger partial charge >= 0.3 is 5.97 Å². The van der Waals surface area contributed by atoms with E-state index < -0.39 is 5.97 Å². The molecule has 0 aromatic heterocycles. The van der Waals surface area contributed by atoms with Gasteiger partial charge in [-0.25, -0.2) is 0 Å². The standard InChI is InChI=1S/C16H21Cl2NO3/c1-5-22-15(21)9-14(20)10-19(16(2,3)4)13-7-11(17)6-12(18)8-13/h6-8H,5,9-10H2,1-4H3. The fourth-order valence-electron chi connectivity index (χ4n) is 2.02. The summed E-state index contributed by atoms with van der Waals surface area (Å²) in [6.45, 7) is 7.97. The molecule has 122 valence electrons. The fourth-order valence-corrected chi connectivity index (χ4v) is 2.53. The highest BCUT2D eigenvalue weighted by molar-refractivity contribution is 6.35. The highest BCUT2D eigenvalue weighted by atomic mass is 35.5. The van der Waals surface area contributed by atoms with Crippen LogP contribution in [-0.2, 0) is 14.3 Å². The molecule has 4 nitrogen and oxygen atoms in total. The molecule has 1 aromatic carbocycles. The molecule has 0 aliphatic carbocycles. The predicted octanol–water partition coefficient (Wildman–Crippen LogP) is 4.12. The molecule has 0 N–H and O–H groups in total. The van der Waals surface area contributed by atoms with Gasteiger partial charge in [-0.15, -0.1) is 0 Å². The third-order valence-electron chi connectivity index (χ3n) is 2.95. The Morgan fingerprint density at radius 1 is 1.14 bits per heavy atom. The van der Waals surface area contributed by atoms with Crippen molar-refractivity contribution in [1.82, 2.24) is 0 Å². The summed E-state index contributed by atoms with van der Waals surface area (Å²) in [6.07, 6.45) is -0.241. The molecule has 0 saturated carbocycles. The van der Waals surface area contributed by atoms with Gasteiger partial charge < -0.3 is 9.64 Å². The highest BCUT2D eigenvalue weighted by Crippen LogP contribution is 2.30. The first kappa shape index (κ1) is 18.8. The quantitative estimate of drug-likeness (QED) is 0.574. The Bertz CT molecular complexity index is 533. The Balaban J connectivity index is 2.95. The third-order valence-corrected chi connectivity index (χ3v) is 3.39. The van der Waals surface area contributed by atoms with Crippen LogP contribution in [0.5, 0.6) is 0 Å². The summed E-state index contributed by atoms with van der Waals surface area (Å²) >= 11 is 12.1. The maximum absolute atomic E-state index is 12.1. The number of ether oxygens (including phenoxy) is 1. The molecule has 1 aromatic rings. The SMILES string of the molecule is CCOC(=O)CC(=O)CN(c1cc(Cl)cc(Cl)c1)C(C)(C)C. The van der Waals surface area contributed by atoms with Crippen LogP contribution in [0.4, 0.5) is 5.69 Å². The van der Waals surface area contributed by atoms with Crippen molar-refractivity contribution in [3.8, 4) is 0 Å². The van der Waals surface area contributed by atoms with E-state index in [0.717, 1.165) is 5.69 Å². The first-order valence-corrected chi connectivity index (χ1v) is 7.80. The van der Waals surface area contributed by atoms with Crippen LogP contribution in [0.2, 0.25) is 10.0 Å². The van der Waals surface area contributed by atoms with Gasteiger partial charge in [0.15, 0.2) is 5.78 Å².